The van der Waals surface area contributed by atoms with Gasteiger partial charge in [0.2, 0.25) is 5.91 Å². The maximum atomic E-state index is 11.2. The van der Waals surface area contributed by atoms with E-state index in [4.69, 9.17) is 4.74 Å². The van der Waals surface area contributed by atoms with E-state index in [9.17, 15) is 4.79 Å². The normalized spacial score (nSPS) is 9.95. The Morgan fingerprint density at radius 1 is 1.37 bits per heavy atom. The molecule has 0 atom stereocenters. The summed E-state index contributed by atoms with van der Waals surface area (Å²) in [4.78, 5) is 11.2. The third kappa shape index (κ3) is 6.62. The van der Waals surface area contributed by atoms with E-state index in [1.165, 1.54) is 5.56 Å². The molecule has 0 radical (unpaired) electrons. The molecule has 0 fully saturated rings. The summed E-state index contributed by atoms with van der Waals surface area (Å²) in [5, 5.41) is 6.00. The highest BCUT2D eigenvalue weighted by Crippen LogP contribution is 2.11. The molecule has 2 N–H and O–H groups in total. The van der Waals surface area contributed by atoms with Gasteiger partial charge in [-0.15, -0.1) is 0 Å². The van der Waals surface area contributed by atoms with E-state index < -0.39 is 0 Å². The predicted molar refractivity (Wildman–Crippen MR) is 77.1 cm³/mol. The van der Waals surface area contributed by atoms with Crippen LogP contribution in [-0.4, -0.2) is 25.6 Å². The van der Waals surface area contributed by atoms with Crippen molar-refractivity contribution in [3.63, 3.8) is 0 Å². The van der Waals surface area contributed by atoms with Crippen molar-refractivity contribution >= 4 is 5.91 Å². The Labute approximate surface area is 114 Å². The van der Waals surface area contributed by atoms with Crippen LogP contribution in [0, 0.1) is 0 Å². The molecule has 0 aliphatic rings. The lowest BCUT2D eigenvalue weighted by atomic mass is 10.2. The lowest BCUT2D eigenvalue weighted by Gasteiger charge is -2.07. The third-order valence-electron chi connectivity index (χ3n) is 2.52. The number of benzene rings is 1. The average molecular weight is 262 g/mol. The fraction of sp³-hybridized carbons (Fsp3) is 0.400. The van der Waals surface area contributed by atoms with Crippen LogP contribution in [-0.2, 0) is 11.3 Å². The molecule has 1 aromatic rings. The minimum Gasteiger partial charge on any atom is -0.490 e. The maximum Gasteiger partial charge on any atom is 0.221 e. The predicted octanol–water partition coefficient (Wildman–Crippen LogP) is 1.87. The first-order valence-corrected chi connectivity index (χ1v) is 6.56. The molecule has 0 bridgehead atoms. The van der Waals surface area contributed by atoms with Crippen molar-refractivity contribution < 1.29 is 9.53 Å². The standard InChI is InChI=1S/C15H22N2O2/c1-3-11-19-14-7-5-13(6-8-14)12-16-10-9-15(18)17-4-2/h3,5-8,16H,1,4,9-12H2,2H3,(H,17,18). The van der Waals surface area contributed by atoms with Gasteiger partial charge in [0.25, 0.3) is 0 Å². The summed E-state index contributed by atoms with van der Waals surface area (Å²) in [6.07, 6.45) is 2.23. The van der Waals surface area contributed by atoms with Gasteiger partial charge in [-0.05, 0) is 24.6 Å². The number of ether oxygens (including phenoxy) is 1. The van der Waals surface area contributed by atoms with Crippen molar-refractivity contribution in [2.24, 2.45) is 0 Å². The molecule has 4 nitrogen and oxygen atoms in total. The van der Waals surface area contributed by atoms with E-state index in [1.54, 1.807) is 6.08 Å². The topological polar surface area (TPSA) is 50.4 Å². The van der Waals surface area contributed by atoms with Crippen molar-refractivity contribution in [2.75, 3.05) is 19.7 Å². The summed E-state index contributed by atoms with van der Waals surface area (Å²) < 4.78 is 5.40. The van der Waals surface area contributed by atoms with E-state index in [2.05, 4.69) is 17.2 Å². The van der Waals surface area contributed by atoms with Crippen LogP contribution in [0.15, 0.2) is 36.9 Å². The Morgan fingerprint density at radius 3 is 2.74 bits per heavy atom. The van der Waals surface area contributed by atoms with Crippen LogP contribution in [0.4, 0.5) is 0 Å². The first-order valence-electron chi connectivity index (χ1n) is 6.56. The lowest BCUT2D eigenvalue weighted by molar-refractivity contribution is -0.120. The molecule has 1 amide bonds. The van der Waals surface area contributed by atoms with Crippen molar-refractivity contribution in [3.8, 4) is 5.75 Å². The summed E-state index contributed by atoms with van der Waals surface area (Å²) in [7, 11) is 0. The molecule has 0 heterocycles. The zero-order valence-corrected chi connectivity index (χ0v) is 11.4. The van der Waals surface area contributed by atoms with Gasteiger partial charge in [-0.25, -0.2) is 0 Å². The van der Waals surface area contributed by atoms with Gasteiger partial charge in [-0.3, -0.25) is 4.79 Å². The Bertz CT molecular complexity index is 388. The van der Waals surface area contributed by atoms with Gasteiger partial charge in [0, 0.05) is 26.1 Å². The molecule has 0 aliphatic heterocycles. The number of carbonyl (C=O) groups excluding carboxylic acids is 1. The van der Waals surface area contributed by atoms with Crippen molar-refractivity contribution in [1.82, 2.24) is 10.6 Å². The number of amides is 1. The molecule has 1 aromatic carbocycles. The summed E-state index contributed by atoms with van der Waals surface area (Å²) in [6.45, 7) is 8.16. The molecule has 0 saturated carbocycles. The quantitative estimate of drug-likeness (QED) is 0.527. The van der Waals surface area contributed by atoms with Crippen LogP contribution < -0.4 is 15.4 Å². The zero-order valence-electron chi connectivity index (χ0n) is 11.4. The monoisotopic (exact) mass is 262 g/mol. The highest BCUT2D eigenvalue weighted by molar-refractivity contribution is 5.75. The van der Waals surface area contributed by atoms with Gasteiger partial charge in [0.05, 0.1) is 0 Å². The van der Waals surface area contributed by atoms with Crippen LogP contribution >= 0.6 is 0 Å². The molecule has 1 rings (SSSR count). The van der Waals surface area contributed by atoms with Crippen LogP contribution in [0.5, 0.6) is 5.75 Å². The molecule has 19 heavy (non-hydrogen) atoms. The fourth-order valence-corrected chi connectivity index (χ4v) is 1.58. The smallest absolute Gasteiger partial charge is 0.221 e. The van der Waals surface area contributed by atoms with Gasteiger partial charge in [-0.2, -0.15) is 0 Å². The summed E-state index contributed by atoms with van der Waals surface area (Å²) in [5.74, 6) is 0.925. The Morgan fingerprint density at radius 2 is 2.11 bits per heavy atom. The minimum atomic E-state index is 0.0863. The fourth-order valence-electron chi connectivity index (χ4n) is 1.58. The van der Waals surface area contributed by atoms with Crippen molar-refractivity contribution in [1.29, 1.82) is 0 Å². The second kappa shape index (κ2) is 9.16. The Kier molecular flexibility index (Phi) is 7.35. The minimum absolute atomic E-state index is 0.0863. The van der Waals surface area contributed by atoms with Crippen LogP contribution in [0.2, 0.25) is 0 Å². The molecule has 0 aromatic heterocycles. The zero-order chi connectivity index (χ0) is 13.9. The van der Waals surface area contributed by atoms with Crippen molar-refractivity contribution in [3.05, 3.63) is 42.5 Å². The molecule has 104 valence electrons. The number of carbonyl (C=O) groups is 1. The SMILES string of the molecule is C=CCOc1ccc(CNCCC(=O)NCC)cc1. The van der Waals surface area contributed by atoms with E-state index in [0.717, 1.165) is 12.3 Å². The number of nitrogens with one attached hydrogen (secondary N) is 2. The maximum absolute atomic E-state index is 11.2. The van der Waals surface area contributed by atoms with Crippen molar-refractivity contribution in [2.45, 2.75) is 19.9 Å². The third-order valence-corrected chi connectivity index (χ3v) is 2.52. The van der Waals surface area contributed by atoms with E-state index in [-0.39, 0.29) is 5.91 Å². The Hall–Kier alpha value is -1.81. The average Bonchev–Trinajstić information content (AvgIpc) is 2.43. The summed E-state index contributed by atoms with van der Waals surface area (Å²) >= 11 is 0. The molecule has 0 spiro atoms. The molecule has 4 heteroatoms. The first-order chi connectivity index (χ1) is 9.26. The lowest BCUT2D eigenvalue weighted by Crippen LogP contribution is -2.27. The highest BCUT2D eigenvalue weighted by Gasteiger charge is 1.99. The van der Waals surface area contributed by atoms with Crippen LogP contribution in [0.1, 0.15) is 18.9 Å². The van der Waals surface area contributed by atoms with E-state index in [1.807, 2.05) is 31.2 Å². The number of hydrogen-bond acceptors (Lipinski definition) is 3. The number of rotatable bonds is 9. The Balaban J connectivity index is 2.22. The van der Waals surface area contributed by atoms with Gasteiger partial charge in [0.15, 0.2) is 0 Å². The van der Waals surface area contributed by atoms with Gasteiger partial charge in [-0.1, -0.05) is 24.8 Å². The van der Waals surface area contributed by atoms with Crippen LogP contribution in [0.25, 0.3) is 0 Å². The molecule has 0 unspecified atom stereocenters. The number of hydrogen-bond donors (Lipinski definition) is 2. The van der Waals surface area contributed by atoms with Gasteiger partial charge in [0.1, 0.15) is 12.4 Å². The van der Waals surface area contributed by atoms with Gasteiger partial charge >= 0.3 is 0 Å². The highest BCUT2D eigenvalue weighted by atomic mass is 16.5. The first kappa shape index (κ1) is 15.2. The second-order valence-electron chi connectivity index (χ2n) is 4.12. The molecular weight excluding hydrogens is 240 g/mol. The largest absolute Gasteiger partial charge is 0.490 e. The molecule has 0 saturated heterocycles. The van der Waals surface area contributed by atoms with Gasteiger partial charge < -0.3 is 15.4 Å². The molecule has 0 aliphatic carbocycles. The van der Waals surface area contributed by atoms with E-state index >= 15 is 0 Å². The van der Waals surface area contributed by atoms with Crippen LogP contribution in [0.3, 0.4) is 0 Å². The van der Waals surface area contributed by atoms with E-state index in [0.29, 0.717) is 26.1 Å². The summed E-state index contributed by atoms with van der Waals surface area (Å²) in [6, 6.07) is 7.89. The molecular formula is C15H22N2O2. The second-order valence-corrected chi connectivity index (χ2v) is 4.12. The summed E-state index contributed by atoms with van der Waals surface area (Å²) in [5.41, 5.74) is 1.17.